The molecule has 1 saturated carbocycles. The maximum absolute atomic E-state index is 14.7. The minimum atomic E-state index is -1.04. The molecular weight excluding hydrogens is 612 g/mol. The van der Waals surface area contributed by atoms with Gasteiger partial charge in [-0.1, -0.05) is 24.3 Å². The molecule has 0 aromatic heterocycles. The molecule has 0 spiro atoms. The largest absolute Gasteiger partial charge is 0.476 e. The lowest BCUT2D eigenvalue weighted by Crippen LogP contribution is -2.56. The molecule has 7 rings (SSSR count). The summed E-state index contributed by atoms with van der Waals surface area (Å²) in [5.74, 6) is -1.11. The van der Waals surface area contributed by atoms with E-state index in [0.29, 0.717) is 49.5 Å². The van der Waals surface area contributed by atoms with Gasteiger partial charge in [0, 0.05) is 51.0 Å². The standard InChI is InChI=1S/C37H46N4O7/c1-36(2)27-19-29(27)41(25-12-14-31-30(18-25)40(15-8-16-46-5)34(44)37(3,4)47-31)33(43)24-17-23(20-39(21-24)35(45)48-36)32(42)38-28-13-11-22-9-6-7-10-26(22)28/h6-7,9-10,12,14,18,23-24,27-29H,8,11,13,15-17,19-21H2,1-5H3,(H,38,42)/t23-,24+,27?,28+,29?/m0/s1. The van der Waals surface area contributed by atoms with E-state index in [-0.39, 0.29) is 48.8 Å². The number of benzene rings is 2. The normalized spacial score (nSPS) is 28.5. The molecule has 1 N–H and O–H groups in total. The van der Waals surface area contributed by atoms with Crippen molar-refractivity contribution in [1.29, 1.82) is 0 Å². The average Bonchev–Trinajstić information content (AvgIpc) is 3.76. The van der Waals surface area contributed by atoms with Crippen molar-refractivity contribution in [1.82, 2.24) is 10.2 Å². The molecule has 3 heterocycles. The van der Waals surface area contributed by atoms with Crippen LogP contribution < -0.4 is 19.9 Å². The van der Waals surface area contributed by atoms with Crippen LogP contribution in [0, 0.1) is 17.8 Å². The average molecular weight is 659 g/mol. The fraction of sp³-hybridized carbons (Fsp3) is 0.568. The number of hydrogen-bond acceptors (Lipinski definition) is 7. The summed E-state index contributed by atoms with van der Waals surface area (Å²) in [5.41, 5.74) is 1.76. The number of ether oxygens (including phenoxy) is 3. The summed E-state index contributed by atoms with van der Waals surface area (Å²) < 4.78 is 17.5. The molecule has 48 heavy (non-hydrogen) atoms. The fourth-order valence-corrected chi connectivity index (χ4v) is 8.17. The van der Waals surface area contributed by atoms with Crippen LogP contribution in [0.5, 0.6) is 5.75 Å². The quantitative estimate of drug-likeness (QED) is 0.432. The van der Waals surface area contributed by atoms with Gasteiger partial charge in [0.25, 0.3) is 5.91 Å². The van der Waals surface area contributed by atoms with Gasteiger partial charge in [-0.15, -0.1) is 0 Å². The second kappa shape index (κ2) is 12.1. The summed E-state index contributed by atoms with van der Waals surface area (Å²) in [6.07, 6.45) is 2.87. The second-order valence-electron chi connectivity index (χ2n) is 15.0. The summed E-state index contributed by atoms with van der Waals surface area (Å²) in [5, 5.41) is 3.23. The summed E-state index contributed by atoms with van der Waals surface area (Å²) in [7, 11) is 1.63. The Morgan fingerprint density at radius 3 is 2.60 bits per heavy atom. The predicted molar refractivity (Wildman–Crippen MR) is 179 cm³/mol. The van der Waals surface area contributed by atoms with Gasteiger partial charge < -0.3 is 34.2 Å². The van der Waals surface area contributed by atoms with Crippen molar-refractivity contribution in [2.75, 3.05) is 43.2 Å². The van der Waals surface area contributed by atoms with Crippen LogP contribution in [-0.2, 0) is 30.3 Å². The third kappa shape index (κ3) is 5.80. The number of piperidine rings is 1. The topological polar surface area (TPSA) is 118 Å². The first-order chi connectivity index (χ1) is 22.9. The van der Waals surface area contributed by atoms with E-state index in [4.69, 9.17) is 14.2 Å². The van der Waals surface area contributed by atoms with E-state index >= 15 is 0 Å². The van der Waals surface area contributed by atoms with E-state index in [1.54, 1.807) is 30.8 Å². The van der Waals surface area contributed by atoms with Gasteiger partial charge in [-0.2, -0.15) is 0 Å². The van der Waals surface area contributed by atoms with E-state index in [9.17, 15) is 19.2 Å². The Labute approximate surface area is 281 Å². The number of nitrogens with one attached hydrogen (secondary N) is 1. The van der Waals surface area contributed by atoms with Crippen LogP contribution >= 0.6 is 0 Å². The molecule has 2 bridgehead atoms. The highest BCUT2D eigenvalue weighted by Crippen LogP contribution is 2.50. The minimum Gasteiger partial charge on any atom is -0.476 e. The van der Waals surface area contributed by atoms with Crippen LogP contribution in [0.4, 0.5) is 16.2 Å². The molecule has 11 heteroatoms. The second-order valence-corrected chi connectivity index (χ2v) is 15.0. The third-order valence-corrected chi connectivity index (χ3v) is 10.8. The van der Waals surface area contributed by atoms with Gasteiger partial charge >= 0.3 is 6.09 Å². The van der Waals surface area contributed by atoms with Crippen molar-refractivity contribution in [2.24, 2.45) is 17.8 Å². The summed E-state index contributed by atoms with van der Waals surface area (Å²) in [6.45, 7) is 8.61. The molecular formula is C37H46N4O7. The third-order valence-electron chi connectivity index (χ3n) is 10.8. The van der Waals surface area contributed by atoms with Gasteiger partial charge in [0.1, 0.15) is 11.4 Å². The van der Waals surface area contributed by atoms with E-state index < -0.39 is 29.1 Å². The van der Waals surface area contributed by atoms with Crippen LogP contribution in [0.2, 0.25) is 0 Å². The van der Waals surface area contributed by atoms with Crippen LogP contribution in [-0.4, -0.2) is 79.3 Å². The highest BCUT2D eigenvalue weighted by atomic mass is 16.6. The van der Waals surface area contributed by atoms with Gasteiger partial charge in [0.15, 0.2) is 5.60 Å². The molecule has 4 amide bonds. The van der Waals surface area contributed by atoms with E-state index in [2.05, 4.69) is 17.4 Å². The number of aryl methyl sites for hydroxylation is 1. The van der Waals surface area contributed by atoms with Gasteiger partial charge in [-0.3, -0.25) is 14.4 Å². The van der Waals surface area contributed by atoms with Gasteiger partial charge in [-0.25, -0.2) is 4.79 Å². The zero-order valence-electron chi connectivity index (χ0n) is 28.5. The zero-order valence-corrected chi connectivity index (χ0v) is 28.5. The Balaban J connectivity index is 1.20. The van der Waals surface area contributed by atoms with Crippen molar-refractivity contribution in [3.05, 3.63) is 53.6 Å². The molecule has 3 fully saturated rings. The molecule has 5 atom stereocenters. The Hall–Kier alpha value is -4.12. The van der Waals surface area contributed by atoms with Gasteiger partial charge in [0.05, 0.1) is 23.6 Å². The maximum Gasteiger partial charge on any atom is 0.410 e. The first-order valence-corrected chi connectivity index (χ1v) is 17.2. The number of hydrogen-bond donors (Lipinski definition) is 1. The number of cyclic esters (lactones) is 1. The molecule has 2 unspecified atom stereocenters. The van der Waals surface area contributed by atoms with Crippen LogP contribution in [0.1, 0.15) is 70.5 Å². The fourth-order valence-electron chi connectivity index (χ4n) is 8.17. The van der Waals surface area contributed by atoms with E-state index in [1.807, 2.05) is 49.1 Å². The van der Waals surface area contributed by atoms with Crippen molar-refractivity contribution < 1.29 is 33.4 Å². The van der Waals surface area contributed by atoms with Crippen LogP contribution in [0.15, 0.2) is 42.5 Å². The number of anilines is 2. The molecule has 256 valence electrons. The van der Waals surface area contributed by atoms with E-state index in [1.165, 1.54) is 5.56 Å². The Morgan fingerprint density at radius 1 is 1.02 bits per heavy atom. The number of carbonyl (C=O) groups excluding carboxylic acids is 4. The Kier molecular flexibility index (Phi) is 8.17. The maximum atomic E-state index is 14.7. The van der Waals surface area contributed by atoms with Gasteiger partial charge in [-0.05, 0) is 89.1 Å². The van der Waals surface area contributed by atoms with E-state index in [0.717, 1.165) is 18.4 Å². The lowest BCUT2D eigenvalue weighted by molar-refractivity contribution is -0.133. The molecule has 3 aliphatic heterocycles. The molecule has 0 radical (unpaired) electrons. The Morgan fingerprint density at radius 2 is 1.81 bits per heavy atom. The van der Waals surface area contributed by atoms with Crippen molar-refractivity contribution in [3.63, 3.8) is 0 Å². The number of amides is 4. The van der Waals surface area contributed by atoms with Crippen molar-refractivity contribution in [3.8, 4) is 5.75 Å². The van der Waals surface area contributed by atoms with Crippen molar-refractivity contribution >= 4 is 35.2 Å². The molecule has 2 aromatic carbocycles. The first-order valence-electron chi connectivity index (χ1n) is 17.2. The number of carbonyl (C=O) groups is 4. The minimum absolute atomic E-state index is 0.0717. The SMILES string of the molecule is COCCCN1C(=O)C(C)(C)Oc2ccc(N3C(=O)[C@@H]4C[C@H](C(=O)N[C@@H]5CCc6ccccc65)CN(C4)C(=O)OC(C)(C)C4CC43)cc21. The number of nitrogens with zero attached hydrogens (tertiary/aromatic N) is 3. The smallest absolute Gasteiger partial charge is 0.410 e. The molecule has 2 aromatic rings. The highest BCUT2D eigenvalue weighted by Gasteiger charge is 2.57. The molecule has 5 aliphatic rings. The lowest BCUT2D eigenvalue weighted by Gasteiger charge is -2.42. The summed E-state index contributed by atoms with van der Waals surface area (Å²) in [4.78, 5) is 60.7. The zero-order chi connectivity index (χ0) is 34.0. The lowest BCUT2D eigenvalue weighted by atomic mass is 9.86. The number of methoxy groups -OCH3 is 1. The highest BCUT2D eigenvalue weighted by molar-refractivity contribution is 6.04. The van der Waals surface area contributed by atoms with Gasteiger partial charge in [0.2, 0.25) is 11.8 Å². The summed E-state index contributed by atoms with van der Waals surface area (Å²) in [6, 6.07) is 13.4. The molecule has 2 saturated heterocycles. The molecule has 2 aliphatic carbocycles. The van der Waals surface area contributed by atoms with Crippen molar-refractivity contribution in [2.45, 2.75) is 83.1 Å². The first kappa shape index (κ1) is 32.4. The molecule has 11 nitrogen and oxygen atoms in total. The summed E-state index contributed by atoms with van der Waals surface area (Å²) >= 11 is 0. The van der Waals surface area contributed by atoms with Crippen LogP contribution in [0.25, 0.3) is 0 Å². The van der Waals surface area contributed by atoms with Crippen LogP contribution in [0.3, 0.4) is 0 Å². The monoisotopic (exact) mass is 658 g/mol. The predicted octanol–water partition coefficient (Wildman–Crippen LogP) is 4.62. The number of rotatable bonds is 7. The Bertz CT molecular complexity index is 1640. The number of fused-ring (bicyclic) bond motifs is 5.